The van der Waals surface area contributed by atoms with Gasteiger partial charge in [0.25, 0.3) is 0 Å². The van der Waals surface area contributed by atoms with Crippen LogP contribution in [-0.2, 0) is 0 Å². The molecule has 1 saturated heterocycles. The van der Waals surface area contributed by atoms with E-state index in [-0.39, 0.29) is 19.2 Å². The van der Waals surface area contributed by atoms with Crippen LogP contribution in [0.5, 0.6) is 0 Å². The highest BCUT2D eigenvalue weighted by molar-refractivity contribution is 5.65. The van der Waals surface area contributed by atoms with Crippen molar-refractivity contribution in [2.24, 2.45) is 0 Å². The summed E-state index contributed by atoms with van der Waals surface area (Å²) in [4.78, 5) is 11.7. The summed E-state index contributed by atoms with van der Waals surface area (Å²) in [5, 5.41) is 26.6. The van der Waals surface area contributed by atoms with Crippen molar-refractivity contribution in [1.82, 2.24) is 4.90 Å². The Bertz CT molecular complexity index is 173. The number of hydrogen-bond donors (Lipinski definition) is 3. The van der Waals surface area contributed by atoms with E-state index in [2.05, 4.69) is 0 Å². The number of carbonyl (C=O) groups is 1. The Morgan fingerprint density at radius 1 is 1.50 bits per heavy atom. The van der Waals surface area contributed by atoms with E-state index in [4.69, 9.17) is 15.3 Å². The number of nitrogens with zero attached hydrogens (tertiary/aromatic N) is 1. The minimum absolute atomic E-state index is 0.112. The third-order valence-corrected chi connectivity index (χ3v) is 2.14. The Labute approximate surface area is 70.2 Å². The summed E-state index contributed by atoms with van der Waals surface area (Å²) >= 11 is 0. The van der Waals surface area contributed by atoms with E-state index in [1.165, 1.54) is 0 Å². The first-order valence-electron chi connectivity index (χ1n) is 3.93. The lowest BCUT2D eigenvalue weighted by molar-refractivity contribution is 0.0192. The molecular weight excluding hydrogens is 162 g/mol. The molecule has 1 heterocycles. The van der Waals surface area contributed by atoms with Crippen molar-refractivity contribution in [3.63, 3.8) is 0 Å². The average molecular weight is 175 g/mol. The topological polar surface area (TPSA) is 81.0 Å². The van der Waals surface area contributed by atoms with Gasteiger partial charge in [-0.1, -0.05) is 0 Å². The quantitative estimate of drug-likeness (QED) is 0.501. The lowest BCUT2D eigenvalue weighted by Crippen LogP contribution is -2.49. The third kappa shape index (κ3) is 1.86. The predicted octanol–water partition coefficient (Wildman–Crippen LogP) is -0.518. The highest BCUT2D eigenvalue weighted by Gasteiger charge is 2.29. The Morgan fingerprint density at radius 3 is 2.67 bits per heavy atom. The lowest BCUT2D eigenvalue weighted by atomic mass is 10.0. The molecule has 5 nitrogen and oxygen atoms in total. The van der Waals surface area contributed by atoms with Gasteiger partial charge in [0, 0.05) is 0 Å². The summed E-state index contributed by atoms with van der Waals surface area (Å²) in [7, 11) is 0. The Hall–Kier alpha value is -0.810. The Balaban J connectivity index is 2.58. The second kappa shape index (κ2) is 3.73. The molecule has 1 fully saturated rings. The van der Waals surface area contributed by atoms with Crippen LogP contribution in [0, 0.1) is 0 Å². The van der Waals surface area contributed by atoms with Crippen molar-refractivity contribution in [3.8, 4) is 0 Å². The molecule has 1 rings (SSSR count). The molecule has 0 spiro atoms. The molecule has 0 aromatic carbocycles. The van der Waals surface area contributed by atoms with Gasteiger partial charge in [-0.2, -0.15) is 0 Å². The van der Waals surface area contributed by atoms with Crippen LogP contribution in [0.3, 0.4) is 0 Å². The van der Waals surface area contributed by atoms with Gasteiger partial charge in [0.1, 0.15) is 0 Å². The van der Waals surface area contributed by atoms with Gasteiger partial charge in [-0.3, -0.25) is 0 Å². The number of aliphatic hydroxyl groups is 2. The normalized spacial score (nSPS) is 30.3. The highest BCUT2D eigenvalue weighted by Crippen LogP contribution is 2.16. The summed E-state index contributed by atoms with van der Waals surface area (Å²) in [5.74, 6) is 0. The van der Waals surface area contributed by atoms with Gasteiger partial charge in [-0.05, 0) is 12.8 Å². The summed E-state index contributed by atoms with van der Waals surface area (Å²) in [6.07, 6.45) is -0.560. The van der Waals surface area contributed by atoms with Gasteiger partial charge >= 0.3 is 6.09 Å². The van der Waals surface area contributed by atoms with Crippen LogP contribution in [0.4, 0.5) is 4.79 Å². The van der Waals surface area contributed by atoms with Crippen molar-refractivity contribution in [3.05, 3.63) is 0 Å². The molecule has 0 radical (unpaired) electrons. The molecule has 0 aromatic heterocycles. The molecule has 0 saturated carbocycles. The molecule has 3 N–H and O–H groups in total. The van der Waals surface area contributed by atoms with E-state index in [0.29, 0.717) is 12.8 Å². The summed E-state index contributed by atoms with van der Waals surface area (Å²) in [5.41, 5.74) is 0. The van der Waals surface area contributed by atoms with Crippen LogP contribution in [0.25, 0.3) is 0 Å². The second-order valence-electron chi connectivity index (χ2n) is 3.00. The van der Waals surface area contributed by atoms with Gasteiger partial charge in [-0.15, -0.1) is 0 Å². The Morgan fingerprint density at radius 2 is 2.17 bits per heavy atom. The zero-order chi connectivity index (χ0) is 9.14. The molecule has 70 valence electrons. The van der Waals surface area contributed by atoms with E-state index >= 15 is 0 Å². The van der Waals surface area contributed by atoms with Crippen molar-refractivity contribution >= 4 is 6.09 Å². The number of amides is 1. The maximum Gasteiger partial charge on any atom is 0.407 e. The molecule has 0 aliphatic carbocycles. The first-order valence-corrected chi connectivity index (χ1v) is 3.93. The molecule has 12 heavy (non-hydrogen) atoms. The second-order valence-corrected chi connectivity index (χ2v) is 3.00. The minimum Gasteiger partial charge on any atom is -0.465 e. The van der Waals surface area contributed by atoms with Gasteiger partial charge in [-0.25, -0.2) is 4.79 Å². The summed E-state index contributed by atoms with van der Waals surface area (Å²) in [6, 6.07) is -0.342. The fourth-order valence-electron chi connectivity index (χ4n) is 1.43. The van der Waals surface area contributed by atoms with Gasteiger partial charge in [0.2, 0.25) is 0 Å². The van der Waals surface area contributed by atoms with Gasteiger partial charge < -0.3 is 20.2 Å². The van der Waals surface area contributed by atoms with E-state index < -0.39 is 12.2 Å². The third-order valence-electron chi connectivity index (χ3n) is 2.14. The van der Waals surface area contributed by atoms with Crippen molar-refractivity contribution < 1.29 is 20.1 Å². The molecule has 0 aromatic rings. The number of hydrogen-bond acceptors (Lipinski definition) is 3. The Kier molecular flexibility index (Phi) is 2.88. The van der Waals surface area contributed by atoms with E-state index in [9.17, 15) is 4.79 Å². The van der Waals surface area contributed by atoms with Crippen molar-refractivity contribution in [1.29, 1.82) is 0 Å². The fraction of sp³-hybridized carbons (Fsp3) is 0.857. The van der Waals surface area contributed by atoms with Crippen LogP contribution in [0.1, 0.15) is 12.8 Å². The fourth-order valence-corrected chi connectivity index (χ4v) is 1.43. The molecule has 1 aliphatic heterocycles. The molecule has 0 unspecified atom stereocenters. The molecular formula is C7H13NO4. The van der Waals surface area contributed by atoms with Crippen molar-refractivity contribution in [2.45, 2.75) is 25.0 Å². The monoisotopic (exact) mass is 175 g/mol. The largest absolute Gasteiger partial charge is 0.465 e. The standard InChI is InChI=1S/C7H13NO4/c9-4-5-1-2-6(10)3-8(5)7(11)12/h5-6,9-10H,1-4H2,(H,11,12)/t5-,6-/m1/s1. The maximum absolute atomic E-state index is 10.6. The summed E-state index contributed by atoms with van der Waals surface area (Å²) < 4.78 is 0. The maximum atomic E-state index is 10.6. The van der Waals surface area contributed by atoms with Gasteiger partial charge in [0.05, 0.1) is 25.3 Å². The number of carboxylic acid groups (broad SMARTS) is 1. The zero-order valence-corrected chi connectivity index (χ0v) is 6.68. The van der Waals surface area contributed by atoms with Gasteiger partial charge in [0.15, 0.2) is 0 Å². The smallest absolute Gasteiger partial charge is 0.407 e. The predicted molar refractivity (Wildman–Crippen MR) is 40.8 cm³/mol. The van der Waals surface area contributed by atoms with Crippen molar-refractivity contribution in [2.75, 3.05) is 13.2 Å². The number of β-amino-alcohol motifs (C(OH)–C–C–N with tert-alkyl or cyclic N) is 1. The molecule has 0 bridgehead atoms. The molecule has 1 amide bonds. The first kappa shape index (κ1) is 9.28. The van der Waals surface area contributed by atoms with E-state index in [1.54, 1.807) is 0 Å². The molecule has 5 heteroatoms. The number of piperidine rings is 1. The minimum atomic E-state index is -1.08. The SMILES string of the molecule is O=C(O)N1C[C@H](O)CC[C@@H]1CO. The lowest BCUT2D eigenvalue weighted by Gasteiger charge is -2.34. The molecule has 2 atom stereocenters. The van der Waals surface area contributed by atoms with E-state index in [0.717, 1.165) is 4.90 Å². The van der Waals surface area contributed by atoms with E-state index in [1.807, 2.05) is 0 Å². The number of aliphatic hydroxyl groups excluding tert-OH is 2. The van der Waals surface area contributed by atoms with Crippen LogP contribution in [-0.4, -0.2) is 51.6 Å². The van der Waals surface area contributed by atoms with Crippen LogP contribution in [0.15, 0.2) is 0 Å². The molecule has 1 aliphatic rings. The average Bonchev–Trinajstić information content (AvgIpc) is 2.04. The van der Waals surface area contributed by atoms with Crippen LogP contribution in [0.2, 0.25) is 0 Å². The number of rotatable bonds is 1. The summed E-state index contributed by atoms with van der Waals surface area (Å²) in [6.45, 7) is -0.0560. The van der Waals surface area contributed by atoms with Crippen LogP contribution >= 0.6 is 0 Å². The highest BCUT2D eigenvalue weighted by atomic mass is 16.4. The first-order chi connectivity index (χ1) is 5.65. The number of likely N-dealkylation sites (tertiary alicyclic amines) is 1. The van der Waals surface area contributed by atoms with Crippen LogP contribution < -0.4 is 0 Å². The zero-order valence-electron chi connectivity index (χ0n) is 6.68.